The van der Waals surface area contributed by atoms with Crippen molar-refractivity contribution in [1.82, 2.24) is 14.4 Å². The summed E-state index contributed by atoms with van der Waals surface area (Å²) in [6, 6.07) is 2.19. The van der Waals surface area contributed by atoms with Gasteiger partial charge in [0.25, 0.3) is 11.2 Å². The van der Waals surface area contributed by atoms with Gasteiger partial charge in [0.15, 0.2) is 9.84 Å². The normalized spacial score (nSPS) is 23.1. The van der Waals surface area contributed by atoms with Crippen LogP contribution in [0.1, 0.15) is 6.42 Å². The molecular formula is C15H20N4O6S. The maximum absolute atomic E-state index is 12.4. The molecule has 11 heteroatoms. The molecule has 2 aliphatic heterocycles. The van der Waals surface area contributed by atoms with Crippen molar-refractivity contribution < 1.29 is 18.1 Å². The molecule has 1 aromatic rings. The van der Waals surface area contributed by atoms with E-state index in [1.54, 1.807) is 4.90 Å². The van der Waals surface area contributed by atoms with E-state index < -0.39 is 20.3 Å². The van der Waals surface area contributed by atoms with Gasteiger partial charge in [0.05, 0.1) is 22.6 Å². The first-order chi connectivity index (χ1) is 12.2. The SMILES string of the molecule is O=C(Cn1cc([N+](=O)[O-])ccc1=O)N1CCN(C2CCS(=O)(=O)C2)CC1. The molecule has 0 bridgehead atoms. The third kappa shape index (κ3) is 4.10. The van der Waals surface area contributed by atoms with Crippen LogP contribution in [0.25, 0.3) is 0 Å². The molecule has 142 valence electrons. The molecule has 0 N–H and O–H groups in total. The Morgan fingerprint density at radius 2 is 1.92 bits per heavy atom. The van der Waals surface area contributed by atoms with E-state index in [0.717, 1.165) is 22.9 Å². The minimum Gasteiger partial charge on any atom is -0.339 e. The van der Waals surface area contributed by atoms with Gasteiger partial charge in [-0.3, -0.25) is 29.2 Å². The Kier molecular flexibility index (Phi) is 5.10. The number of nitrogens with zero attached hydrogens (tertiary/aromatic N) is 4. The Morgan fingerprint density at radius 3 is 2.50 bits per heavy atom. The third-order valence-electron chi connectivity index (χ3n) is 4.88. The van der Waals surface area contributed by atoms with Gasteiger partial charge in [0.1, 0.15) is 6.54 Å². The molecule has 10 nitrogen and oxygen atoms in total. The number of piperazine rings is 1. The summed E-state index contributed by atoms with van der Waals surface area (Å²) in [5.41, 5.74) is -0.719. The smallest absolute Gasteiger partial charge is 0.285 e. The molecule has 1 aromatic heterocycles. The molecule has 2 aliphatic rings. The average Bonchev–Trinajstić information content (AvgIpc) is 2.96. The second-order valence-electron chi connectivity index (χ2n) is 6.58. The van der Waals surface area contributed by atoms with Crippen molar-refractivity contribution in [1.29, 1.82) is 0 Å². The molecule has 2 saturated heterocycles. The molecule has 0 spiro atoms. The zero-order chi connectivity index (χ0) is 18.9. The molecule has 3 rings (SSSR count). The predicted octanol–water partition coefficient (Wildman–Crippen LogP) is -0.912. The minimum atomic E-state index is -2.95. The molecule has 1 unspecified atom stereocenters. The van der Waals surface area contributed by atoms with Crippen LogP contribution >= 0.6 is 0 Å². The summed E-state index contributed by atoms with van der Waals surface area (Å²) in [6.45, 7) is 1.79. The second kappa shape index (κ2) is 7.16. The van der Waals surface area contributed by atoms with Crippen molar-refractivity contribution in [3.63, 3.8) is 0 Å². The van der Waals surface area contributed by atoms with Gasteiger partial charge in [0.2, 0.25) is 5.91 Å². The van der Waals surface area contributed by atoms with Crippen LogP contribution in [0.2, 0.25) is 0 Å². The van der Waals surface area contributed by atoms with Crippen LogP contribution in [0, 0.1) is 10.1 Å². The van der Waals surface area contributed by atoms with Crippen LogP contribution in [0.4, 0.5) is 5.69 Å². The Labute approximate surface area is 150 Å². The van der Waals surface area contributed by atoms with Gasteiger partial charge in [-0.1, -0.05) is 0 Å². The number of aromatic nitrogens is 1. The molecule has 3 heterocycles. The Hall–Kier alpha value is -2.27. The minimum absolute atomic E-state index is 0.0108. The summed E-state index contributed by atoms with van der Waals surface area (Å²) in [7, 11) is -2.95. The number of hydrogen-bond acceptors (Lipinski definition) is 7. The number of nitro groups is 1. The van der Waals surface area contributed by atoms with Crippen LogP contribution in [0.5, 0.6) is 0 Å². The van der Waals surface area contributed by atoms with E-state index >= 15 is 0 Å². The number of carbonyl (C=O) groups excluding carboxylic acids is 1. The van der Waals surface area contributed by atoms with Crippen LogP contribution in [0.15, 0.2) is 23.1 Å². The first-order valence-electron chi connectivity index (χ1n) is 8.32. The lowest BCUT2D eigenvalue weighted by Crippen LogP contribution is -2.53. The molecule has 0 radical (unpaired) electrons. The number of carbonyl (C=O) groups is 1. The van der Waals surface area contributed by atoms with E-state index in [9.17, 15) is 28.1 Å². The highest BCUT2D eigenvalue weighted by molar-refractivity contribution is 7.91. The fourth-order valence-electron chi connectivity index (χ4n) is 3.40. The summed E-state index contributed by atoms with van der Waals surface area (Å²) < 4.78 is 24.2. The largest absolute Gasteiger partial charge is 0.339 e. The third-order valence-corrected chi connectivity index (χ3v) is 6.63. The quantitative estimate of drug-likeness (QED) is 0.486. The van der Waals surface area contributed by atoms with Crippen LogP contribution in [-0.2, 0) is 21.2 Å². The standard InChI is InChI=1S/C15H20N4O6S/c20-14-2-1-12(19(22)23)9-18(14)10-15(21)17-6-4-16(5-7-17)13-3-8-26(24,25)11-13/h1-2,9,13H,3-8,10-11H2. The van der Waals surface area contributed by atoms with E-state index in [1.807, 2.05) is 0 Å². The zero-order valence-corrected chi connectivity index (χ0v) is 14.9. The van der Waals surface area contributed by atoms with Crippen molar-refractivity contribution in [3.8, 4) is 0 Å². The van der Waals surface area contributed by atoms with Crippen LogP contribution in [-0.4, -0.2) is 77.3 Å². The lowest BCUT2D eigenvalue weighted by Gasteiger charge is -2.37. The van der Waals surface area contributed by atoms with Crippen molar-refractivity contribution in [2.45, 2.75) is 19.0 Å². The van der Waals surface area contributed by atoms with Crippen molar-refractivity contribution in [3.05, 3.63) is 38.8 Å². The Morgan fingerprint density at radius 1 is 1.23 bits per heavy atom. The Balaban J connectivity index is 1.58. The lowest BCUT2D eigenvalue weighted by molar-refractivity contribution is -0.385. The van der Waals surface area contributed by atoms with Crippen molar-refractivity contribution in [2.75, 3.05) is 37.7 Å². The first kappa shape index (κ1) is 18.5. The number of rotatable bonds is 4. The van der Waals surface area contributed by atoms with Crippen molar-refractivity contribution >= 4 is 21.4 Å². The Bertz CT molecular complexity index is 872. The summed E-state index contributed by atoms with van der Waals surface area (Å²) in [6.07, 6.45) is 1.69. The summed E-state index contributed by atoms with van der Waals surface area (Å²) in [5.74, 6) is 0.0996. The second-order valence-corrected chi connectivity index (χ2v) is 8.81. The van der Waals surface area contributed by atoms with Gasteiger partial charge in [-0.25, -0.2) is 8.42 Å². The van der Waals surface area contributed by atoms with Gasteiger partial charge in [-0.2, -0.15) is 0 Å². The van der Waals surface area contributed by atoms with Gasteiger partial charge in [-0.15, -0.1) is 0 Å². The summed E-state index contributed by atoms with van der Waals surface area (Å²) in [5, 5.41) is 10.8. The number of amides is 1. The number of pyridine rings is 1. The topological polar surface area (TPSA) is 123 Å². The molecule has 1 amide bonds. The van der Waals surface area contributed by atoms with E-state index in [2.05, 4.69) is 4.90 Å². The molecule has 2 fully saturated rings. The highest BCUT2D eigenvalue weighted by Gasteiger charge is 2.34. The van der Waals surface area contributed by atoms with Gasteiger partial charge in [-0.05, 0) is 6.42 Å². The molecule has 1 atom stereocenters. The van der Waals surface area contributed by atoms with Gasteiger partial charge in [0, 0.05) is 44.4 Å². The fourth-order valence-corrected chi connectivity index (χ4v) is 5.16. The average molecular weight is 384 g/mol. The van der Waals surface area contributed by atoms with E-state index in [0.29, 0.717) is 32.6 Å². The molecule has 0 aliphatic carbocycles. The van der Waals surface area contributed by atoms with E-state index in [4.69, 9.17) is 0 Å². The molecular weight excluding hydrogens is 364 g/mol. The molecule has 0 saturated carbocycles. The zero-order valence-electron chi connectivity index (χ0n) is 14.1. The predicted molar refractivity (Wildman–Crippen MR) is 92.6 cm³/mol. The fraction of sp³-hybridized carbons (Fsp3) is 0.600. The maximum Gasteiger partial charge on any atom is 0.285 e. The monoisotopic (exact) mass is 384 g/mol. The summed E-state index contributed by atoms with van der Waals surface area (Å²) in [4.78, 5) is 38.1. The van der Waals surface area contributed by atoms with Crippen LogP contribution in [0.3, 0.4) is 0 Å². The molecule has 26 heavy (non-hydrogen) atoms. The van der Waals surface area contributed by atoms with E-state index in [-0.39, 0.29) is 35.7 Å². The number of sulfone groups is 1. The van der Waals surface area contributed by atoms with Crippen LogP contribution < -0.4 is 5.56 Å². The van der Waals surface area contributed by atoms with Crippen molar-refractivity contribution in [2.24, 2.45) is 0 Å². The van der Waals surface area contributed by atoms with E-state index in [1.165, 1.54) is 0 Å². The highest BCUT2D eigenvalue weighted by atomic mass is 32.2. The summed E-state index contributed by atoms with van der Waals surface area (Å²) >= 11 is 0. The lowest BCUT2D eigenvalue weighted by atomic mass is 10.2. The maximum atomic E-state index is 12.4. The first-order valence-corrected chi connectivity index (χ1v) is 10.1. The van der Waals surface area contributed by atoms with Gasteiger partial charge < -0.3 is 4.90 Å². The molecule has 0 aromatic carbocycles. The number of hydrogen-bond donors (Lipinski definition) is 0. The van der Waals surface area contributed by atoms with Gasteiger partial charge >= 0.3 is 0 Å². The highest BCUT2D eigenvalue weighted by Crippen LogP contribution is 2.19.